The third-order valence-electron chi connectivity index (χ3n) is 4.08. The summed E-state index contributed by atoms with van der Waals surface area (Å²) in [4.78, 5) is 9.04. The number of likely N-dealkylation sites (tertiary alicyclic amines) is 1. The predicted octanol–water partition coefficient (Wildman–Crippen LogP) is 2.10. The van der Waals surface area contributed by atoms with Gasteiger partial charge in [0.1, 0.15) is 0 Å². The quantitative estimate of drug-likeness (QED) is 0.812. The minimum atomic E-state index is 0.687. The molecule has 0 aliphatic carbocycles. The summed E-state index contributed by atoms with van der Waals surface area (Å²) in [5.74, 6) is 1.53. The second-order valence-electron chi connectivity index (χ2n) is 5.99. The van der Waals surface area contributed by atoms with Crippen LogP contribution in [0.25, 0.3) is 0 Å². The van der Waals surface area contributed by atoms with Gasteiger partial charge in [-0.05, 0) is 43.6 Å². The number of aromatic nitrogens is 1. The number of pyridine rings is 1. The lowest BCUT2D eigenvalue weighted by Crippen LogP contribution is -2.37. The van der Waals surface area contributed by atoms with Gasteiger partial charge in [-0.15, -0.1) is 0 Å². The van der Waals surface area contributed by atoms with Crippen LogP contribution in [0.5, 0.6) is 0 Å². The molecule has 1 aromatic heterocycles. The van der Waals surface area contributed by atoms with E-state index in [1.807, 2.05) is 12.4 Å². The number of nitrogens with zero attached hydrogens (tertiary/aromatic N) is 3. The number of rotatable bonds is 4. The molecule has 1 saturated heterocycles. The Balaban J connectivity index is 2.00. The van der Waals surface area contributed by atoms with Gasteiger partial charge in [-0.25, -0.2) is 0 Å². The summed E-state index contributed by atoms with van der Waals surface area (Å²) in [5, 5.41) is 0. The largest absolute Gasteiger partial charge is 0.305 e. The fourth-order valence-electron chi connectivity index (χ4n) is 2.97. The first-order valence-electron chi connectivity index (χ1n) is 6.85. The third-order valence-corrected chi connectivity index (χ3v) is 4.08. The van der Waals surface area contributed by atoms with E-state index < -0.39 is 0 Å². The molecule has 0 N–H and O–H groups in total. The molecule has 2 atom stereocenters. The van der Waals surface area contributed by atoms with Crippen molar-refractivity contribution in [3.8, 4) is 0 Å². The molecule has 0 aromatic carbocycles. The molecule has 1 aliphatic heterocycles. The third kappa shape index (κ3) is 3.09. The zero-order valence-electron chi connectivity index (χ0n) is 12.0. The number of hydrogen-bond donors (Lipinski definition) is 0. The van der Waals surface area contributed by atoms with Crippen molar-refractivity contribution in [3.05, 3.63) is 30.1 Å². The van der Waals surface area contributed by atoms with Gasteiger partial charge in [-0.3, -0.25) is 9.88 Å². The Kier molecular flexibility index (Phi) is 4.36. The van der Waals surface area contributed by atoms with E-state index in [9.17, 15) is 0 Å². The first-order chi connectivity index (χ1) is 8.58. The first kappa shape index (κ1) is 13.5. The smallest absolute Gasteiger partial charge is 0.0271 e. The normalized spacial score (nSPS) is 25.2. The zero-order chi connectivity index (χ0) is 13.1. The molecule has 1 aromatic rings. The second kappa shape index (κ2) is 5.81. The van der Waals surface area contributed by atoms with Crippen LogP contribution in [0, 0.1) is 11.8 Å². The molecule has 3 heteroatoms. The van der Waals surface area contributed by atoms with Crippen molar-refractivity contribution in [1.82, 2.24) is 14.8 Å². The van der Waals surface area contributed by atoms with Gasteiger partial charge in [0.25, 0.3) is 0 Å². The lowest BCUT2D eigenvalue weighted by atomic mass is 9.91. The molecule has 2 rings (SSSR count). The summed E-state index contributed by atoms with van der Waals surface area (Å²) < 4.78 is 0. The van der Waals surface area contributed by atoms with Crippen LogP contribution in [-0.2, 0) is 6.54 Å². The van der Waals surface area contributed by atoms with Crippen LogP contribution >= 0.6 is 0 Å². The SMILES string of the molecule is CC(C)[C@@H]1CN(Cc2ccncc2)C[C@H]1N(C)C. The van der Waals surface area contributed by atoms with Gasteiger partial charge in [-0.1, -0.05) is 13.8 Å². The van der Waals surface area contributed by atoms with E-state index in [1.54, 1.807) is 0 Å². The molecule has 0 spiro atoms. The molecular formula is C15H25N3. The molecule has 100 valence electrons. The monoisotopic (exact) mass is 247 g/mol. The van der Waals surface area contributed by atoms with Crippen LogP contribution in [0.2, 0.25) is 0 Å². The second-order valence-corrected chi connectivity index (χ2v) is 5.99. The molecule has 18 heavy (non-hydrogen) atoms. The molecule has 1 fully saturated rings. The van der Waals surface area contributed by atoms with Gasteiger partial charge in [0.2, 0.25) is 0 Å². The van der Waals surface area contributed by atoms with Crippen molar-refractivity contribution in [3.63, 3.8) is 0 Å². The number of likely N-dealkylation sites (N-methyl/N-ethyl adjacent to an activating group) is 1. The summed E-state index contributed by atoms with van der Waals surface area (Å²) >= 11 is 0. The van der Waals surface area contributed by atoms with E-state index in [0.717, 1.165) is 18.4 Å². The van der Waals surface area contributed by atoms with E-state index >= 15 is 0 Å². The van der Waals surface area contributed by atoms with Crippen LogP contribution in [-0.4, -0.2) is 48.0 Å². The summed E-state index contributed by atoms with van der Waals surface area (Å²) in [5.41, 5.74) is 1.37. The van der Waals surface area contributed by atoms with Crippen LogP contribution in [0.3, 0.4) is 0 Å². The summed E-state index contributed by atoms with van der Waals surface area (Å²) in [6, 6.07) is 4.92. The predicted molar refractivity (Wildman–Crippen MR) is 75.3 cm³/mol. The van der Waals surface area contributed by atoms with Crippen LogP contribution in [0.4, 0.5) is 0 Å². The molecule has 1 aliphatic rings. The Morgan fingerprint density at radius 3 is 2.44 bits per heavy atom. The van der Waals surface area contributed by atoms with Crippen molar-refractivity contribution in [2.24, 2.45) is 11.8 Å². The lowest BCUT2D eigenvalue weighted by molar-refractivity contribution is 0.215. The first-order valence-corrected chi connectivity index (χ1v) is 6.85. The van der Waals surface area contributed by atoms with Gasteiger partial charge >= 0.3 is 0 Å². The molecule has 0 amide bonds. The van der Waals surface area contributed by atoms with Gasteiger partial charge < -0.3 is 4.90 Å². The summed E-state index contributed by atoms with van der Waals surface area (Å²) in [7, 11) is 4.41. The van der Waals surface area contributed by atoms with E-state index in [4.69, 9.17) is 0 Å². The van der Waals surface area contributed by atoms with Gasteiger partial charge in [-0.2, -0.15) is 0 Å². The summed E-state index contributed by atoms with van der Waals surface area (Å²) in [6.07, 6.45) is 3.77. The van der Waals surface area contributed by atoms with Gasteiger partial charge in [0.05, 0.1) is 0 Å². The average Bonchev–Trinajstić information content (AvgIpc) is 2.74. The fourth-order valence-corrected chi connectivity index (χ4v) is 2.97. The molecular weight excluding hydrogens is 222 g/mol. The topological polar surface area (TPSA) is 19.4 Å². The Morgan fingerprint density at radius 2 is 1.94 bits per heavy atom. The highest BCUT2D eigenvalue weighted by atomic mass is 15.2. The fraction of sp³-hybridized carbons (Fsp3) is 0.667. The van der Waals surface area contributed by atoms with E-state index in [1.165, 1.54) is 18.7 Å². The maximum absolute atomic E-state index is 4.08. The Hall–Kier alpha value is -0.930. The van der Waals surface area contributed by atoms with Crippen molar-refractivity contribution >= 4 is 0 Å². The minimum absolute atomic E-state index is 0.687. The highest BCUT2D eigenvalue weighted by molar-refractivity contribution is 5.10. The Bertz CT molecular complexity index is 345. The lowest BCUT2D eigenvalue weighted by Gasteiger charge is -2.27. The maximum Gasteiger partial charge on any atom is 0.0271 e. The maximum atomic E-state index is 4.08. The summed E-state index contributed by atoms with van der Waals surface area (Å²) in [6.45, 7) is 8.13. The molecule has 2 heterocycles. The highest BCUT2D eigenvalue weighted by Crippen LogP contribution is 2.28. The van der Waals surface area contributed by atoms with Crippen LogP contribution in [0.1, 0.15) is 19.4 Å². The molecule has 0 radical (unpaired) electrons. The number of hydrogen-bond acceptors (Lipinski definition) is 3. The minimum Gasteiger partial charge on any atom is -0.305 e. The molecule has 3 nitrogen and oxygen atoms in total. The molecule has 0 bridgehead atoms. The van der Waals surface area contributed by atoms with Crippen LogP contribution in [0.15, 0.2) is 24.5 Å². The van der Waals surface area contributed by atoms with E-state index in [2.05, 4.69) is 54.9 Å². The highest BCUT2D eigenvalue weighted by Gasteiger charge is 2.35. The van der Waals surface area contributed by atoms with Crippen molar-refractivity contribution in [2.45, 2.75) is 26.4 Å². The van der Waals surface area contributed by atoms with E-state index in [0.29, 0.717) is 6.04 Å². The average molecular weight is 247 g/mol. The van der Waals surface area contributed by atoms with E-state index in [-0.39, 0.29) is 0 Å². The van der Waals surface area contributed by atoms with Crippen molar-refractivity contribution in [1.29, 1.82) is 0 Å². The van der Waals surface area contributed by atoms with Crippen molar-refractivity contribution in [2.75, 3.05) is 27.2 Å². The van der Waals surface area contributed by atoms with Crippen LogP contribution < -0.4 is 0 Å². The standard InChI is InChI=1S/C15H25N3/c1-12(2)14-10-18(11-15(14)17(3)4)9-13-5-7-16-8-6-13/h5-8,12,14-15H,9-11H2,1-4H3/t14-,15+/m0/s1. The zero-order valence-corrected chi connectivity index (χ0v) is 12.0. The van der Waals surface area contributed by atoms with Gasteiger partial charge in [0, 0.05) is 38.1 Å². The Labute approximate surface area is 111 Å². The van der Waals surface area contributed by atoms with Crippen molar-refractivity contribution < 1.29 is 0 Å². The molecule has 0 saturated carbocycles. The Morgan fingerprint density at radius 1 is 1.28 bits per heavy atom. The van der Waals surface area contributed by atoms with Gasteiger partial charge in [0.15, 0.2) is 0 Å². The molecule has 0 unspecified atom stereocenters.